The Morgan fingerprint density at radius 2 is 2.12 bits per heavy atom. The van der Waals surface area contributed by atoms with Crippen LogP contribution >= 0.6 is 0 Å². The first-order valence-corrected chi connectivity index (χ1v) is 8.78. The molecule has 3 aromatic rings. The fourth-order valence-corrected chi connectivity index (χ4v) is 3.31. The van der Waals surface area contributed by atoms with Crippen molar-refractivity contribution in [1.82, 2.24) is 19.6 Å². The lowest BCUT2D eigenvalue weighted by Crippen LogP contribution is -2.17. The molecule has 7 heteroatoms. The number of nitriles is 1. The molecule has 1 saturated heterocycles. The van der Waals surface area contributed by atoms with Crippen molar-refractivity contribution in [2.75, 3.05) is 18.5 Å². The minimum atomic E-state index is 0.412. The maximum absolute atomic E-state index is 9.01. The van der Waals surface area contributed by atoms with Crippen LogP contribution in [0.4, 0.5) is 5.95 Å². The topological polar surface area (TPSA) is 88.1 Å². The summed E-state index contributed by atoms with van der Waals surface area (Å²) >= 11 is 0. The van der Waals surface area contributed by atoms with Crippen molar-refractivity contribution in [1.29, 1.82) is 5.26 Å². The van der Waals surface area contributed by atoms with Gasteiger partial charge in [-0.2, -0.15) is 14.8 Å². The normalized spacial score (nSPS) is 15.1. The average molecular weight is 348 g/mol. The third-order valence-electron chi connectivity index (χ3n) is 4.61. The zero-order valence-corrected chi connectivity index (χ0v) is 14.6. The highest BCUT2D eigenvalue weighted by atomic mass is 16.5. The van der Waals surface area contributed by atoms with Crippen molar-refractivity contribution < 1.29 is 4.74 Å². The van der Waals surface area contributed by atoms with Gasteiger partial charge in [-0.25, -0.2) is 4.98 Å². The van der Waals surface area contributed by atoms with Crippen molar-refractivity contribution in [3.8, 4) is 6.07 Å². The fourth-order valence-electron chi connectivity index (χ4n) is 3.31. The van der Waals surface area contributed by atoms with Crippen molar-refractivity contribution in [3.63, 3.8) is 0 Å². The van der Waals surface area contributed by atoms with Crippen LogP contribution in [0.2, 0.25) is 0 Å². The largest absolute Gasteiger partial charge is 0.381 e. The number of hydrogen-bond donors (Lipinski definition) is 1. The highest BCUT2D eigenvalue weighted by Crippen LogP contribution is 2.27. The van der Waals surface area contributed by atoms with E-state index in [2.05, 4.69) is 32.5 Å². The molecule has 1 fully saturated rings. The Bertz CT molecular complexity index is 968. The summed E-state index contributed by atoms with van der Waals surface area (Å²) in [5.74, 6) is 1.56. The molecule has 4 rings (SSSR count). The second-order valence-corrected chi connectivity index (χ2v) is 6.52. The molecular weight excluding hydrogens is 328 g/mol. The number of nitrogens with zero attached hydrogens (tertiary/aromatic N) is 5. The Kier molecular flexibility index (Phi) is 4.50. The zero-order valence-electron chi connectivity index (χ0n) is 14.6. The standard InChI is InChI=1S/C19H20N6O/c1-13-9-17(16-5-7-26-8-6-16)25-19(22-13)23-18(24-25)21-12-15-4-2-3-14(10-15)11-20/h2-4,9-10,16H,5-8,12H2,1H3,(H,21,24). The summed E-state index contributed by atoms with van der Waals surface area (Å²) in [6, 6.07) is 11.7. The van der Waals surface area contributed by atoms with E-state index in [4.69, 9.17) is 10.00 Å². The van der Waals surface area contributed by atoms with E-state index in [1.54, 1.807) is 6.07 Å². The Balaban J connectivity index is 1.59. The fraction of sp³-hybridized carbons (Fsp3) is 0.368. The highest BCUT2D eigenvalue weighted by Gasteiger charge is 2.21. The molecule has 0 unspecified atom stereocenters. The van der Waals surface area contributed by atoms with Crippen molar-refractivity contribution in [3.05, 3.63) is 52.8 Å². The molecule has 1 aromatic carbocycles. The van der Waals surface area contributed by atoms with E-state index < -0.39 is 0 Å². The van der Waals surface area contributed by atoms with Gasteiger partial charge in [0.25, 0.3) is 5.78 Å². The average Bonchev–Trinajstić information content (AvgIpc) is 3.09. The van der Waals surface area contributed by atoms with Gasteiger partial charge >= 0.3 is 0 Å². The van der Waals surface area contributed by atoms with Gasteiger partial charge in [-0.3, -0.25) is 0 Å². The van der Waals surface area contributed by atoms with E-state index in [0.29, 0.717) is 29.8 Å². The van der Waals surface area contributed by atoms with Gasteiger partial charge in [0.15, 0.2) is 0 Å². The van der Waals surface area contributed by atoms with Gasteiger partial charge in [0, 0.05) is 31.4 Å². The summed E-state index contributed by atoms with van der Waals surface area (Å²) in [7, 11) is 0. The van der Waals surface area contributed by atoms with Gasteiger partial charge in [-0.15, -0.1) is 5.10 Å². The third kappa shape index (κ3) is 3.37. The SMILES string of the molecule is Cc1cc(C2CCOCC2)n2nc(NCc3cccc(C#N)c3)nc2n1. The molecular formula is C19H20N6O. The van der Waals surface area contributed by atoms with Crippen LogP contribution in [0.25, 0.3) is 5.78 Å². The zero-order chi connectivity index (χ0) is 17.9. The number of ether oxygens (including phenoxy) is 1. The Morgan fingerprint density at radius 3 is 2.92 bits per heavy atom. The van der Waals surface area contributed by atoms with Crippen LogP contribution in [-0.2, 0) is 11.3 Å². The maximum atomic E-state index is 9.01. The number of rotatable bonds is 4. The van der Waals surface area contributed by atoms with Crippen molar-refractivity contribution in [2.24, 2.45) is 0 Å². The monoisotopic (exact) mass is 348 g/mol. The second-order valence-electron chi connectivity index (χ2n) is 6.52. The van der Waals surface area contributed by atoms with E-state index in [9.17, 15) is 0 Å². The van der Waals surface area contributed by atoms with Gasteiger partial charge in [-0.1, -0.05) is 12.1 Å². The number of aromatic nitrogens is 4. The number of fused-ring (bicyclic) bond motifs is 1. The predicted molar refractivity (Wildman–Crippen MR) is 96.8 cm³/mol. The molecule has 0 atom stereocenters. The van der Waals surface area contributed by atoms with Gasteiger partial charge in [-0.05, 0) is 43.5 Å². The molecule has 0 spiro atoms. The summed E-state index contributed by atoms with van der Waals surface area (Å²) in [6.45, 7) is 4.10. The predicted octanol–water partition coefficient (Wildman–Crippen LogP) is 2.81. The molecule has 3 heterocycles. The molecule has 2 aromatic heterocycles. The number of nitrogens with one attached hydrogen (secondary N) is 1. The molecule has 26 heavy (non-hydrogen) atoms. The molecule has 1 aliphatic heterocycles. The molecule has 7 nitrogen and oxygen atoms in total. The van der Waals surface area contributed by atoms with E-state index in [1.807, 2.05) is 29.6 Å². The summed E-state index contributed by atoms with van der Waals surface area (Å²) in [4.78, 5) is 9.03. The smallest absolute Gasteiger partial charge is 0.254 e. The summed E-state index contributed by atoms with van der Waals surface area (Å²) < 4.78 is 7.32. The Morgan fingerprint density at radius 1 is 1.27 bits per heavy atom. The first-order valence-electron chi connectivity index (χ1n) is 8.78. The van der Waals surface area contributed by atoms with Gasteiger partial charge < -0.3 is 10.1 Å². The summed E-state index contributed by atoms with van der Waals surface area (Å²) in [6.07, 6.45) is 1.98. The number of benzene rings is 1. The van der Waals surface area contributed by atoms with Crippen LogP contribution in [0.5, 0.6) is 0 Å². The summed E-state index contributed by atoms with van der Waals surface area (Å²) in [5.41, 5.74) is 3.74. The van der Waals surface area contributed by atoms with Crippen molar-refractivity contribution in [2.45, 2.75) is 32.2 Å². The van der Waals surface area contributed by atoms with E-state index in [0.717, 1.165) is 43.0 Å². The lowest BCUT2D eigenvalue weighted by molar-refractivity contribution is 0.0840. The molecule has 0 radical (unpaired) electrons. The van der Waals surface area contributed by atoms with Crippen LogP contribution < -0.4 is 5.32 Å². The molecule has 0 aliphatic carbocycles. The minimum Gasteiger partial charge on any atom is -0.381 e. The van der Waals surface area contributed by atoms with E-state index >= 15 is 0 Å². The quantitative estimate of drug-likeness (QED) is 0.780. The number of hydrogen-bond acceptors (Lipinski definition) is 6. The molecule has 1 aliphatic rings. The van der Waals surface area contributed by atoms with Crippen LogP contribution in [0, 0.1) is 18.3 Å². The lowest BCUT2D eigenvalue weighted by atomic mass is 9.96. The molecule has 0 saturated carbocycles. The first-order chi connectivity index (χ1) is 12.7. The minimum absolute atomic E-state index is 0.412. The van der Waals surface area contributed by atoms with Gasteiger partial charge in [0.1, 0.15) is 0 Å². The second kappa shape index (κ2) is 7.10. The van der Waals surface area contributed by atoms with Gasteiger partial charge in [0.05, 0.1) is 17.3 Å². The molecule has 0 bridgehead atoms. The lowest BCUT2D eigenvalue weighted by Gasteiger charge is -2.22. The Labute approximate surface area is 151 Å². The van der Waals surface area contributed by atoms with E-state index in [1.165, 1.54) is 0 Å². The number of aryl methyl sites for hydroxylation is 1. The summed E-state index contributed by atoms with van der Waals surface area (Å²) in [5, 5.41) is 16.9. The number of anilines is 1. The first kappa shape index (κ1) is 16.5. The molecule has 1 N–H and O–H groups in total. The van der Waals surface area contributed by atoms with Crippen LogP contribution in [0.1, 0.15) is 41.3 Å². The van der Waals surface area contributed by atoms with Gasteiger partial charge in [0.2, 0.25) is 5.95 Å². The third-order valence-corrected chi connectivity index (χ3v) is 4.61. The van der Waals surface area contributed by atoms with Crippen molar-refractivity contribution >= 4 is 11.7 Å². The van der Waals surface area contributed by atoms with Crippen LogP contribution in [-0.4, -0.2) is 32.8 Å². The van der Waals surface area contributed by atoms with Crippen LogP contribution in [0.15, 0.2) is 30.3 Å². The molecule has 132 valence electrons. The van der Waals surface area contributed by atoms with Crippen LogP contribution in [0.3, 0.4) is 0 Å². The maximum Gasteiger partial charge on any atom is 0.254 e. The Hall–Kier alpha value is -2.98. The molecule has 0 amide bonds. The van der Waals surface area contributed by atoms with E-state index in [-0.39, 0.29) is 0 Å². The highest BCUT2D eigenvalue weighted by molar-refractivity contribution is 5.41.